The molecule has 1 aliphatic rings. The van der Waals surface area contributed by atoms with Gasteiger partial charge in [-0.2, -0.15) is 5.10 Å². The predicted octanol–water partition coefficient (Wildman–Crippen LogP) is 3.82. The molecule has 166 valence electrons. The monoisotopic (exact) mass is 433 g/mol. The Morgan fingerprint density at radius 1 is 1.28 bits per heavy atom. The van der Waals surface area contributed by atoms with E-state index in [1.54, 1.807) is 18.3 Å². The lowest BCUT2D eigenvalue weighted by Crippen LogP contribution is -2.30. The molecule has 2 heterocycles. The molecule has 1 aromatic carbocycles. The molecule has 1 N–H and O–H groups in total. The van der Waals surface area contributed by atoms with Crippen molar-refractivity contribution in [2.75, 3.05) is 12.4 Å². The Morgan fingerprint density at radius 3 is 2.94 bits per heavy atom. The highest BCUT2D eigenvalue weighted by molar-refractivity contribution is 5.93. The first-order valence-corrected chi connectivity index (χ1v) is 10.7. The van der Waals surface area contributed by atoms with Crippen LogP contribution < -0.4 is 15.6 Å². The van der Waals surface area contributed by atoms with E-state index in [-0.39, 0.29) is 23.4 Å². The summed E-state index contributed by atoms with van der Waals surface area (Å²) >= 11 is 0. The van der Waals surface area contributed by atoms with Gasteiger partial charge in [-0.1, -0.05) is 19.9 Å². The number of nitrogens with one attached hydrogen (secondary N) is 1. The Kier molecular flexibility index (Phi) is 6.03. The van der Waals surface area contributed by atoms with Gasteiger partial charge in [-0.15, -0.1) is 0 Å². The Morgan fingerprint density at radius 2 is 2.12 bits per heavy atom. The zero-order valence-electron chi connectivity index (χ0n) is 18.6. The van der Waals surface area contributed by atoms with Gasteiger partial charge < -0.3 is 10.1 Å². The highest BCUT2D eigenvalue weighted by Crippen LogP contribution is 2.37. The fourth-order valence-corrected chi connectivity index (χ4v) is 3.93. The van der Waals surface area contributed by atoms with E-state index in [1.165, 1.54) is 24.2 Å². The number of hydrogen-bond donors (Lipinski definition) is 1. The number of aromatic nitrogens is 4. The van der Waals surface area contributed by atoms with E-state index >= 15 is 0 Å². The second-order valence-corrected chi connectivity index (χ2v) is 8.85. The van der Waals surface area contributed by atoms with Crippen molar-refractivity contribution in [1.82, 2.24) is 19.7 Å². The summed E-state index contributed by atoms with van der Waals surface area (Å²) in [7, 11) is 1.53. The molecule has 0 saturated carbocycles. The maximum Gasteiger partial charge on any atom is 0.270 e. The Balaban J connectivity index is 1.57. The molecule has 0 spiro atoms. The standard InChI is InChI=1S/C24H27N5O3/c1-24(2)9-4-5-16(8-10-24)23-20(32-3)12-22(31)29(28-23)14-21(30)27-18-7-6-17-13-25-15-26-19(17)11-18/h6-8,11-13,15H,4-5,9-10,14H2,1-3H3,(H,27,30). The summed E-state index contributed by atoms with van der Waals surface area (Å²) in [6.45, 7) is 4.30. The fourth-order valence-electron chi connectivity index (χ4n) is 3.93. The summed E-state index contributed by atoms with van der Waals surface area (Å²) in [6.07, 6.45) is 9.29. The largest absolute Gasteiger partial charge is 0.494 e. The second-order valence-electron chi connectivity index (χ2n) is 8.85. The van der Waals surface area contributed by atoms with Crippen molar-refractivity contribution in [1.29, 1.82) is 0 Å². The van der Waals surface area contributed by atoms with E-state index in [0.29, 0.717) is 17.1 Å². The van der Waals surface area contributed by atoms with Crippen LogP contribution in [0.2, 0.25) is 0 Å². The maximum absolute atomic E-state index is 12.7. The number of amides is 1. The van der Waals surface area contributed by atoms with Crippen LogP contribution in [0.3, 0.4) is 0 Å². The summed E-state index contributed by atoms with van der Waals surface area (Å²) in [5.41, 5.74) is 2.84. The molecule has 0 aliphatic heterocycles. The molecule has 1 amide bonds. The first-order chi connectivity index (χ1) is 15.3. The summed E-state index contributed by atoms with van der Waals surface area (Å²) in [4.78, 5) is 33.4. The molecule has 4 rings (SSSR count). The molecule has 0 atom stereocenters. The highest BCUT2D eigenvalue weighted by Gasteiger charge is 2.23. The first kappa shape index (κ1) is 21.7. The normalized spacial score (nSPS) is 15.7. The van der Waals surface area contributed by atoms with Crippen molar-refractivity contribution in [3.05, 3.63) is 58.9 Å². The minimum atomic E-state index is -0.387. The van der Waals surface area contributed by atoms with Crippen molar-refractivity contribution < 1.29 is 9.53 Å². The van der Waals surface area contributed by atoms with Gasteiger partial charge in [-0.05, 0) is 54.9 Å². The number of carbonyl (C=O) groups excluding carboxylic acids is 1. The van der Waals surface area contributed by atoms with E-state index in [4.69, 9.17) is 4.74 Å². The molecule has 0 radical (unpaired) electrons. The Hall–Kier alpha value is -3.55. The van der Waals surface area contributed by atoms with Gasteiger partial charge in [0.05, 0.1) is 12.6 Å². The van der Waals surface area contributed by atoms with Gasteiger partial charge in [0.15, 0.2) is 5.75 Å². The number of allylic oxidation sites excluding steroid dienone is 2. The van der Waals surface area contributed by atoms with Crippen LogP contribution in [0.5, 0.6) is 5.75 Å². The van der Waals surface area contributed by atoms with Crippen molar-refractivity contribution in [3.8, 4) is 5.75 Å². The van der Waals surface area contributed by atoms with E-state index in [1.807, 2.05) is 6.07 Å². The number of hydrogen-bond acceptors (Lipinski definition) is 6. The molecule has 32 heavy (non-hydrogen) atoms. The van der Waals surface area contributed by atoms with E-state index < -0.39 is 0 Å². The zero-order chi connectivity index (χ0) is 22.7. The highest BCUT2D eigenvalue weighted by atomic mass is 16.5. The molecule has 3 aromatic rings. The minimum Gasteiger partial charge on any atom is -0.494 e. The van der Waals surface area contributed by atoms with E-state index in [0.717, 1.165) is 42.2 Å². The summed E-state index contributed by atoms with van der Waals surface area (Å²) < 4.78 is 6.63. The average Bonchev–Trinajstić information content (AvgIpc) is 2.95. The predicted molar refractivity (Wildman–Crippen MR) is 123 cm³/mol. The summed E-state index contributed by atoms with van der Waals surface area (Å²) in [5.74, 6) is 0.0897. The number of carbonyl (C=O) groups is 1. The molecule has 0 fully saturated rings. The molecule has 2 aromatic heterocycles. The smallest absolute Gasteiger partial charge is 0.270 e. The van der Waals surface area contributed by atoms with Gasteiger partial charge in [0.1, 0.15) is 18.6 Å². The third-order valence-corrected chi connectivity index (χ3v) is 5.77. The van der Waals surface area contributed by atoms with Crippen LogP contribution in [0.1, 0.15) is 45.2 Å². The number of nitrogens with zero attached hydrogens (tertiary/aromatic N) is 4. The summed E-state index contributed by atoms with van der Waals surface area (Å²) in [5, 5.41) is 8.21. The number of rotatable bonds is 5. The number of methoxy groups -OCH3 is 1. The van der Waals surface area contributed by atoms with Crippen molar-refractivity contribution >= 4 is 28.1 Å². The fraction of sp³-hybridized carbons (Fsp3) is 0.375. The van der Waals surface area contributed by atoms with Crippen molar-refractivity contribution in [3.63, 3.8) is 0 Å². The Bertz CT molecular complexity index is 1250. The lowest BCUT2D eigenvalue weighted by molar-refractivity contribution is -0.117. The van der Waals surface area contributed by atoms with Crippen LogP contribution in [-0.2, 0) is 11.3 Å². The van der Waals surface area contributed by atoms with Crippen LogP contribution in [0, 0.1) is 5.41 Å². The zero-order valence-corrected chi connectivity index (χ0v) is 18.6. The van der Waals surface area contributed by atoms with Gasteiger partial charge in [0.25, 0.3) is 5.56 Å². The van der Waals surface area contributed by atoms with Gasteiger partial charge in [0, 0.05) is 23.3 Å². The topological polar surface area (TPSA) is 99.0 Å². The molecule has 1 aliphatic carbocycles. The number of ether oxygens (including phenoxy) is 1. The van der Waals surface area contributed by atoms with Crippen LogP contribution in [0.4, 0.5) is 5.69 Å². The first-order valence-electron chi connectivity index (χ1n) is 10.7. The third kappa shape index (κ3) is 4.85. The summed E-state index contributed by atoms with van der Waals surface area (Å²) in [6, 6.07) is 6.78. The average molecular weight is 434 g/mol. The molecular formula is C24H27N5O3. The lowest BCUT2D eigenvalue weighted by Gasteiger charge is -2.20. The quantitative estimate of drug-likeness (QED) is 0.657. The number of fused-ring (bicyclic) bond motifs is 1. The van der Waals surface area contributed by atoms with Crippen molar-refractivity contribution in [2.24, 2.45) is 5.41 Å². The van der Waals surface area contributed by atoms with Gasteiger partial charge in [-0.3, -0.25) is 9.59 Å². The van der Waals surface area contributed by atoms with Crippen LogP contribution in [0.25, 0.3) is 16.5 Å². The van der Waals surface area contributed by atoms with Crippen LogP contribution in [0.15, 0.2) is 47.7 Å². The SMILES string of the molecule is COc1cc(=O)n(CC(=O)Nc2ccc3cncnc3c2)nc1C1=CCC(C)(C)CCC1. The molecule has 0 unspecified atom stereocenters. The minimum absolute atomic E-state index is 0.198. The van der Waals surface area contributed by atoms with Gasteiger partial charge in [0.2, 0.25) is 5.91 Å². The third-order valence-electron chi connectivity index (χ3n) is 5.77. The number of benzene rings is 1. The lowest BCUT2D eigenvalue weighted by atomic mass is 9.86. The number of anilines is 1. The second kappa shape index (κ2) is 8.90. The Labute approximate surface area is 186 Å². The van der Waals surface area contributed by atoms with Gasteiger partial charge >= 0.3 is 0 Å². The van der Waals surface area contributed by atoms with Crippen LogP contribution >= 0.6 is 0 Å². The molecular weight excluding hydrogens is 406 g/mol. The molecule has 0 saturated heterocycles. The van der Waals surface area contributed by atoms with E-state index in [9.17, 15) is 9.59 Å². The van der Waals surface area contributed by atoms with E-state index in [2.05, 4.69) is 40.3 Å². The van der Waals surface area contributed by atoms with Gasteiger partial charge in [-0.25, -0.2) is 14.6 Å². The molecule has 0 bridgehead atoms. The van der Waals surface area contributed by atoms with Crippen molar-refractivity contribution in [2.45, 2.75) is 46.1 Å². The van der Waals surface area contributed by atoms with Crippen LogP contribution in [-0.4, -0.2) is 32.8 Å². The molecule has 8 nitrogen and oxygen atoms in total. The molecule has 8 heteroatoms. The maximum atomic E-state index is 12.7.